The van der Waals surface area contributed by atoms with Gasteiger partial charge in [0.05, 0.1) is 0 Å². The maximum Gasteiger partial charge on any atom is 3.00 e. The van der Waals surface area contributed by atoms with E-state index in [9.17, 15) is 0 Å². The van der Waals surface area contributed by atoms with E-state index in [4.69, 9.17) is 4.98 Å². The Hall–Kier alpha value is -8.14. The van der Waals surface area contributed by atoms with Gasteiger partial charge in [0.25, 0.3) is 0 Å². The van der Waals surface area contributed by atoms with Crippen LogP contribution >= 0.6 is 0 Å². The summed E-state index contributed by atoms with van der Waals surface area (Å²) in [7, 11) is 0. The Morgan fingerprint density at radius 1 is 0.268 bits per heavy atom. The summed E-state index contributed by atoms with van der Waals surface area (Å²) in [6.45, 7) is 0. The summed E-state index contributed by atoms with van der Waals surface area (Å²) in [4.78, 5) is 13.8. The molecule has 0 spiro atoms. The van der Waals surface area contributed by atoms with Crippen LogP contribution in [0.2, 0.25) is 0 Å². The van der Waals surface area contributed by atoms with Gasteiger partial charge in [-0.15, -0.1) is 94.5 Å². The Balaban J connectivity index is 0.00000582. The van der Waals surface area contributed by atoms with Crippen molar-refractivity contribution < 1.29 is 20.1 Å². The predicted molar refractivity (Wildman–Crippen MR) is 288 cm³/mol. The van der Waals surface area contributed by atoms with Crippen molar-refractivity contribution >= 4 is 0 Å². The van der Waals surface area contributed by atoms with E-state index in [0.717, 1.165) is 87.3 Å². The van der Waals surface area contributed by atoms with Crippen LogP contribution in [0.5, 0.6) is 0 Å². The van der Waals surface area contributed by atoms with Crippen molar-refractivity contribution in [2.75, 3.05) is 0 Å². The van der Waals surface area contributed by atoms with E-state index in [0.29, 0.717) is 0 Å². The third-order valence-electron chi connectivity index (χ3n) is 13.0. The quantitative estimate of drug-likeness (QED) is 0.102. The molecule has 0 N–H and O–H groups in total. The summed E-state index contributed by atoms with van der Waals surface area (Å²) >= 11 is 0. The number of rotatable bonds is 14. The van der Waals surface area contributed by atoms with Crippen molar-refractivity contribution in [3.8, 4) is 89.4 Å². The van der Waals surface area contributed by atoms with Gasteiger partial charge in [-0.25, -0.2) is 0 Å². The van der Waals surface area contributed by atoms with Gasteiger partial charge in [0.2, 0.25) is 0 Å². The Bertz CT molecular complexity index is 3400. The molecule has 3 nitrogen and oxygen atoms in total. The van der Waals surface area contributed by atoms with Gasteiger partial charge in [0.1, 0.15) is 0 Å². The zero-order valence-electron chi connectivity index (χ0n) is 39.1. The standard InChI is InChI=1S/C67H48N3.Ir/c1-2-14-52(15-3-1)55-16-12-17-56(45-55)57-18-13-19-58(46-57)64-47-59(67-24-8-11-41-70-67)37-38-63(64)62-21-5-4-20-61(62)60-43-50(27-25-48-29-33-53(34-30-48)65-22-6-9-39-68-65)42-51(44-60)28-26-49-31-35-54(36-32-49)66-23-7-10-40-69-66;/h1-24,29-33,35,38-47H,25-28H2;/q-3;+3. The molecule has 340 valence electrons. The van der Waals surface area contributed by atoms with Crippen molar-refractivity contribution in [3.05, 3.63) is 283 Å². The number of hydrogen-bond donors (Lipinski definition) is 0. The van der Waals surface area contributed by atoms with Gasteiger partial charge in [-0.3, -0.25) is 0 Å². The molecule has 0 saturated carbocycles. The average Bonchev–Trinajstić information content (AvgIpc) is 3.45. The molecule has 0 aliphatic rings. The van der Waals surface area contributed by atoms with Gasteiger partial charge in [-0.2, -0.15) is 0 Å². The Kier molecular flexibility index (Phi) is 14.5. The minimum Gasteiger partial charge on any atom is -0.305 e. The van der Waals surface area contributed by atoms with E-state index in [1.807, 2.05) is 67.1 Å². The number of pyridine rings is 3. The van der Waals surface area contributed by atoms with Crippen molar-refractivity contribution in [3.63, 3.8) is 0 Å². The zero-order valence-corrected chi connectivity index (χ0v) is 41.5. The second-order valence-electron chi connectivity index (χ2n) is 17.7. The molecule has 0 amide bonds. The van der Waals surface area contributed by atoms with Crippen molar-refractivity contribution in [2.24, 2.45) is 0 Å². The fourth-order valence-corrected chi connectivity index (χ4v) is 9.34. The van der Waals surface area contributed by atoms with Crippen LogP contribution in [0.25, 0.3) is 89.4 Å². The first-order valence-corrected chi connectivity index (χ1v) is 24.0. The first kappa shape index (κ1) is 46.6. The van der Waals surface area contributed by atoms with Crippen LogP contribution in [-0.4, -0.2) is 15.0 Å². The molecular formula is C67H48IrN3. The van der Waals surface area contributed by atoms with E-state index >= 15 is 0 Å². The predicted octanol–water partition coefficient (Wildman–Crippen LogP) is 16.2. The second-order valence-corrected chi connectivity index (χ2v) is 17.7. The Morgan fingerprint density at radius 3 is 1.25 bits per heavy atom. The molecule has 11 aromatic rings. The largest absolute Gasteiger partial charge is 3.00 e. The third-order valence-corrected chi connectivity index (χ3v) is 13.0. The first-order chi connectivity index (χ1) is 34.7. The molecule has 0 aliphatic heterocycles. The van der Waals surface area contributed by atoms with E-state index in [1.165, 1.54) is 50.1 Å². The number of hydrogen-bond acceptors (Lipinski definition) is 3. The normalized spacial score (nSPS) is 10.9. The Morgan fingerprint density at radius 2 is 0.718 bits per heavy atom. The van der Waals surface area contributed by atoms with E-state index in [-0.39, 0.29) is 20.1 Å². The fraction of sp³-hybridized carbons (Fsp3) is 0.0597. The van der Waals surface area contributed by atoms with Gasteiger partial charge < -0.3 is 15.0 Å². The molecule has 4 heteroatoms. The molecule has 8 aromatic carbocycles. The van der Waals surface area contributed by atoms with Crippen molar-refractivity contribution in [2.45, 2.75) is 25.7 Å². The molecule has 3 heterocycles. The number of nitrogens with zero attached hydrogens (tertiary/aromatic N) is 3. The third kappa shape index (κ3) is 11.0. The molecule has 3 aromatic heterocycles. The maximum absolute atomic E-state index is 4.75. The van der Waals surface area contributed by atoms with E-state index in [2.05, 4.69) is 204 Å². The van der Waals surface area contributed by atoms with Crippen LogP contribution in [0.3, 0.4) is 0 Å². The molecule has 71 heavy (non-hydrogen) atoms. The minimum atomic E-state index is 0. The summed E-state index contributed by atoms with van der Waals surface area (Å²) in [6.07, 6.45) is 9.08. The number of aryl methyl sites for hydroxylation is 4. The molecule has 0 saturated heterocycles. The van der Waals surface area contributed by atoms with Crippen LogP contribution in [0, 0.1) is 18.2 Å². The molecule has 0 radical (unpaired) electrons. The van der Waals surface area contributed by atoms with Crippen LogP contribution < -0.4 is 0 Å². The van der Waals surface area contributed by atoms with Crippen LogP contribution in [-0.2, 0) is 45.8 Å². The van der Waals surface area contributed by atoms with Gasteiger partial charge in [0, 0.05) is 18.6 Å². The van der Waals surface area contributed by atoms with Crippen molar-refractivity contribution in [1.29, 1.82) is 0 Å². The SMILES string of the molecule is [Ir+3].[c-]1cc(CCc2cc(CCc3c[c-]c(-c4ccccn4)cc3)cc(-c3ccccc3-c3c[c-]c(-c4ccccn4)cc3-c3cccc(-c4cccc(-c5ccccc5)c4)c3)c2)ccc1-c1ccccn1. The van der Waals surface area contributed by atoms with E-state index < -0.39 is 0 Å². The zero-order chi connectivity index (χ0) is 46.9. The smallest absolute Gasteiger partial charge is 0.305 e. The van der Waals surface area contributed by atoms with Gasteiger partial charge in [-0.05, 0) is 110 Å². The fourth-order valence-electron chi connectivity index (χ4n) is 9.34. The molecule has 11 rings (SSSR count). The Labute approximate surface area is 431 Å². The second kappa shape index (κ2) is 22.1. The number of benzene rings is 8. The van der Waals surface area contributed by atoms with Crippen LogP contribution in [0.1, 0.15) is 22.3 Å². The van der Waals surface area contributed by atoms with Gasteiger partial charge in [0.15, 0.2) is 0 Å². The van der Waals surface area contributed by atoms with E-state index in [1.54, 1.807) is 0 Å². The summed E-state index contributed by atoms with van der Waals surface area (Å²) in [6, 6.07) is 90.5. The van der Waals surface area contributed by atoms with Crippen molar-refractivity contribution in [1.82, 2.24) is 15.0 Å². The average molecular weight is 1090 g/mol. The molecule has 0 fully saturated rings. The van der Waals surface area contributed by atoms with Crippen LogP contribution in [0.4, 0.5) is 0 Å². The van der Waals surface area contributed by atoms with Gasteiger partial charge >= 0.3 is 20.1 Å². The molecule has 0 bridgehead atoms. The first-order valence-electron chi connectivity index (χ1n) is 24.0. The van der Waals surface area contributed by atoms with Crippen LogP contribution in [0.15, 0.2) is 243 Å². The topological polar surface area (TPSA) is 38.7 Å². The molecule has 0 aliphatic carbocycles. The molecule has 0 atom stereocenters. The monoisotopic (exact) mass is 1090 g/mol. The number of aromatic nitrogens is 3. The maximum atomic E-state index is 4.75. The molecular weight excluding hydrogens is 1040 g/mol. The summed E-state index contributed by atoms with van der Waals surface area (Å²) in [5.74, 6) is 0. The summed E-state index contributed by atoms with van der Waals surface area (Å²) in [5.41, 5.74) is 22.4. The van der Waals surface area contributed by atoms with Gasteiger partial charge in [-0.1, -0.05) is 175 Å². The summed E-state index contributed by atoms with van der Waals surface area (Å²) in [5, 5.41) is 0. The summed E-state index contributed by atoms with van der Waals surface area (Å²) < 4.78 is 0. The molecule has 0 unspecified atom stereocenters. The minimum absolute atomic E-state index is 0.